The molecule has 0 spiro atoms. The number of aromatic nitrogens is 2. The quantitative estimate of drug-likeness (QED) is 0.844. The van der Waals surface area contributed by atoms with E-state index < -0.39 is 6.10 Å². The Morgan fingerprint density at radius 1 is 1.42 bits per heavy atom. The van der Waals surface area contributed by atoms with Gasteiger partial charge in [0.1, 0.15) is 11.8 Å². The van der Waals surface area contributed by atoms with Crippen molar-refractivity contribution >= 4 is 17.3 Å². The largest absolute Gasteiger partial charge is 0.479 e. The monoisotopic (exact) mass is 330 g/mol. The van der Waals surface area contributed by atoms with Crippen LogP contribution in [0.1, 0.15) is 51.4 Å². The molecule has 2 aromatic rings. The van der Waals surface area contributed by atoms with Crippen molar-refractivity contribution in [3.63, 3.8) is 0 Å². The van der Waals surface area contributed by atoms with Crippen molar-refractivity contribution in [1.82, 2.24) is 10.1 Å². The number of nitrogens with zero attached hydrogens (tertiary/aromatic N) is 2. The lowest BCUT2D eigenvalue weighted by molar-refractivity contribution is -0.122. The molecule has 128 valence electrons. The predicted molar refractivity (Wildman–Crippen MR) is 90.1 cm³/mol. The summed E-state index contributed by atoms with van der Waals surface area (Å²) in [5, 5.41) is 10.1. The molecule has 1 aromatic heterocycles. The van der Waals surface area contributed by atoms with Crippen molar-refractivity contribution in [1.29, 1.82) is 0 Å². The van der Waals surface area contributed by atoms with Crippen LogP contribution in [0.15, 0.2) is 22.7 Å². The van der Waals surface area contributed by atoms with E-state index in [1.54, 1.807) is 6.92 Å². The minimum absolute atomic E-state index is 0.134. The summed E-state index contributed by atoms with van der Waals surface area (Å²) in [6.45, 7) is 5.80. The van der Waals surface area contributed by atoms with Gasteiger partial charge in [0.2, 0.25) is 5.89 Å². The van der Waals surface area contributed by atoms with Crippen LogP contribution in [0, 0.1) is 0 Å². The van der Waals surface area contributed by atoms with Gasteiger partial charge >= 0.3 is 0 Å². The van der Waals surface area contributed by atoms with Crippen molar-refractivity contribution < 1.29 is 14.1 Å². The molecule has 7 heteroatoms. The SMILES string of the molecule is CCCCc1noc([C@H](C)Nc2ccc3c(c2)NC(=O)[C@H](C)O3)n1. The van der Waals surface area contributed by atoms with E-state index in [0.717, 1.165) is 30.8 Å². The lowest BCUT2D eigenvalue weighted by atomic mass is 10.2. The standard InChI is InChI=1S/C17H22N4O3/c1-4-5-6-15-20-17(24-21-15)10(2)18-12-7-8-14-13(9-12)19-16(22)11(3)23-14/h7-11,18H,4-6H2,1-3H3,(H,19,22)/t10-,11-/m0/s1. The van der Waals surface area contributed by atoms with E-state index in [1.165, 1.54) is 0 Å². The Hall–Kier alpha value is -2.57. The van der Waals surface area contributed by atoms with Crippen molar-refractivity contribution in [2.75, 3.05) is 10.6 Å². The van der Waals surface area contributed by atoms with Gasteiger partial charge in [0.15, 0.2) is 11.9 Å². The summed E-state index contributed by atoms with van der Waals surface area (Å²) in [5.74, 6) is 1.80. The first kappa shape index (κ1) is 16.3. The van der Waals surface area contributed by atoms with Crippen LogP contribution in [-0.4, -0.2) is 22.2 Å². The number of anilines is 2. The van der Waals surface area contributed by atoms with E-state index in [1.807, 2.05) is 25.1 Å². The molecule has 2 atom stereocenters. The van der Waals surface area contributed by atoms with E-state index >= 15 is 0 Å². The zero-order chi connectivity index (χ0) is 17.1. The number of hydrogen-bond acceptors (Lipinski definition) is 6. The molecule has 0 bridgehead atoms. The van der Waals surface area contributed by atoms with Gasteiger partial charge in [-0.05, 0) is 38.5 Å². The minimum Gasteiger partial charge on any atom is -0.479 e. The second-order valence-electron chi connectivity index (χ2n) is 5.98. The maximum atomic E-state index is 11.7. The maximum Gasteiger partial charge on any atom is 0.265 e. The van der Waals surface area contributed by atoms with Crippen molar-refractivity contribution in [3.05, 3.63) is 29.9 Å². The fourth-order valence-corrected chi connectivity index (χ4v) is 2.49. The molecule has 1 aliphatic rings. The highest BCUT2D eigenvalue weighted by Gasteiger charge is 2.24. The van der Waals surface area contributed by atoms with Gasteiger partial charge in [-0.3, -0.25) is 4.79 Å². The first-order valence-electron chi connectivity index (χ1n) is 8.27. The summed E-state index contributed by atoms with van der Waals surface area (Å²) >= 11 is 0. The van der Waals surface area contributed by atoms with Crippen LogP contribution in [-0.2, 0) is 11.2 Å². The first-order valence-corrected chi connectivity index (χ1v) is 8.27. The third-order valence-electron chi connectivity index (χ3n) is 3.90. The first-order chi connectivity index (χ1) is 11.6. The van der Waals surface area contributed by atoms with E-state index in [2.05, 4.69) is 27.7 Å². The van der Waals surface area contributed by atoms with Gasteiger partial charge < -0.3 is 19.9 Å². The fourth-order valence-electron chi connectivity index (χ4n) is 2.49. The minimum atomic E-state index is -0.477. The van der Waals surface area contributed by atoms with Crippen LogP contribution in [0.2, 0.25) is 0 Å². The number of aryl methyl sites for hydroxylation is 1. The van der Waals surface area contributed by atoms with Crippen LogP contribution in [0.5, 0.6) is 5.75 Å². The number of nitrogens with one attached hydrogen (secondary N) is 2. The number of fused-ring (bicyclic) bond motifs is 1. The molecule has 0 saturated carbocycles. The van der Waals surface area contributed by atoms with Gasteiger partial charge in [-0.1, -0.05) is 18.5 Å². The summed E-state index contributed by atoms with van der Waals surface area (Å²) in [4.78, 5) is 16.1. The normalized spacial score (nSPS) is 17.6. The second-order valence-corrected chi connectivity index (χ2v) is 5.98. The predicted octanol–water partition coefficient (Wildman–Crippen LogP) is 3.30. The van der Waals surface area contributed by atoms with Crippen LogP contribution in [0.4, 0.5) is 11.4 Å². The Labute approximate surface area is 140 Å². The van der Waals surface area contributed by atoms with Gasteiger partial charge in [0.05, 0.1) is 5.69 Å². The lowest BCUT2D eigenvalue weighted by Gasteiger charge is -2.24. The van der Waals surface area contributed by atoms with E-state index in [4.69, 9.17) is 9.26 Å². The summed E-state index contributed by atoms with van der Waals surface area (Å²) in [5.41, 5.74) is 1.50. The maximum absolute atomic E-state index is 11.7. The third-order valence-corrected chi connectivity index (χ3v) is 3.90. The van der Waals surface area contributed by atoms with Gasteiger partial charge in [0.25, 0.3) is 5.91 Å². The Bertz CT molecular complexity index is 728. The van der Waals surface area contributed by atoms with Crippen molar-refractivity contribution in [2.45, 2.75) is 52.2 Å². The summed E-state index contributed by atoms with van der Waals surface area (Å²) < 4.78 is 10.9. The van der Waals surface area contributed by atoms with Crippen LogP contribution < -0.4 is 15.4 Å². The number of hydrogen-bond donors (Lipinski definition) is 2. The molecule has 3 rings (SSSR count). The molecule has 0 radical (unpaired) electrons. The van der Waals surface area contributed by atoms with Crippen LogP contribution in [0.25, 0.3) is 0 Å². The fraction of sp³-hybridized carbons (Fsp3) is 0.471. The van der Waals surface area contributed by atoms with Gasteiger partial charge in [-0.2, -0.15) is 4.98 Å². The molecular weight excluding hydrogens is 308 g/mol. The molecule has 7 nitrogen and oxygen atoms in total. The van der Waals surface area contributed by atoms with Crippen molar-refractivity contribution in [3.8, 4) is 5.75 Å². The van der Waals surface area contributed by atoms with Crippen molar-refractivity contribution in [2.24, 2.45) is 0 Å². The molecule has 0 saturated heterocycles. The number of unbranched alkanes of at least 4 members (excludes halogenated alkanes) is 1. The molecule has 0 unspecified atom stereocenters. The zero-order valence-electron chi connectivity index (χ0n) is 14.1. The van der Waals surface area contributed by atoms with Crippen LogP contribution >= 0.6 is 0 Å². The zero-order valence-corrected chi connectivity index (χ0v) is 14.1. The second kappa shape index (κ2) is 6.90. The third kappa shape index (κ3) is 3.50. The molecule has 0 fully saturated rings. The van der Waals surface area contributed by atoms with Crippen LogP contribution in [0.3, 0.4) is 0 Å². The summed E-state index contributed by atoms with van der Waals surface area (Å²) in [7, 11) is 0. The average Bonchev–Trinajstić information content (AvgIpc) is 3.03. The molecule has 1 aromatic carbocycles. The van der Waals surface area contributed by atoms with Gasteiger partial charge in [-0.15, -0.1) is 0 Å². The number of ether oxygens (including phenoxy) is 1. The Kier molecular flexibility index (Phi) is 4.69. The summed E-state index contributed by atoms with van der Waals surface area (Å²) in [6.07, 6.45) is 2.49. The number of carbonyl (C=O) groups is 1. The Balaban J connectivity index is 1.68. The number of benzene rings is 1. The molecule has 0 aliphatic carbocycles. The molecule has 1 amide bonds. The molecule has 2 heterocycles. The highest BCUT2D eigenvalue weighted by Crippen LogP contribution is 2.33. The molecule has 2 N–H and O–H groups in total. The van der Waals surface area contributed by atoms with E-state index in [0.29, 0.717) is 17.3 Å². The van der Waals surface area contributed by atoms with E-state index in [9.17, 15) is 4.79 Å². The van der Waals surface area contributed by atoms with Gasteiger partial charge in [0, 0.05) is 12.1 Å². The Morgan fingerprint density at radius 2 is 2.25 bits per heavy atom. The average molecular weight is 330 g/mol. The topological polar surface area (TPSA) is 89.3 Å². The number of carbonyl (C=O) groups excluding carboxylic acids is 1. The molecule has 1 aliphatic heterocycles. The molecule has 24 heavy (non-hydrogen) atoms. The Morgan fingerprint density at radius 3 is 3.04 bits per heavy atom. The summed E-state index contributed by atoms with van der Waals surface area (Å²) in [6, 6.07) is 5.43. The number of amides is 1. The smallest absolute Gasteiger partial charge is 0.265 e. The lowest BCUT2D eigenvalue weighted by Crippen LogP contribution is -2.34. The molecular formula is C17H22N4O3. The van der Waals surface area contributed by atoms with Gasteiger partial charge in [-0.25, -0.2) is 0 Å². The highest BCUT2D eigenvalue weighted by molar-refractivity contribution is 5.98. The number of rotatable bonds is 6. The van der Waals surface area contributed by atoms with E-state index in [-0.39, 0.29) is 11.9 Å². The highest BCUT2D eigenvalue weighted by atomic mass is 16.5.